The molecule has 0 aliphatic carbocycles. The quantitative estimate of drug-likeness (QED) is 0.152. The van der Waals surface area contributed by atoms with Crippen LogP contribution in [0, 0.1) is 0 Å². The van der Waals surface area contributed by atoms with E-state index in [1.165, 1.54) is 166 Å². The zero-order valence-corrected chi connectivity index (χ0v) is 51.4. The van der Waals surface area contributed by atoms with Crippen LogP contribution in [0.25, 0.3) is 189 Å². The van der Waals surface area contributed by atoms with Gasteiger partial charge < -0.3 is 8.98 Å². The largest absolute Gasteiger partial charge is 0.456 e. The Kier molecular flexibility index (Phi) is 12.1. The van der Waals surface area contributed by atoms with E-state index in [1.54, 1.807) is 0 Å². The molecule has 0 bridgehead atoms. The molecule has 16 aromatic carbocycles. The van der Waals surface area contributed by atoms with E-state index in [0.29, 0.717) is 0 Å². The van der Waals surface area contributed by atoms with Crippen LogP contribution in [0.4, 0.5) is 0 Å². The van der Waals surface area contributed by atoms with Gasteiger partial charge in [0.25, 0.3) is 0 Å². The lowest BCUT2D eigenvalue weighted by Crippen LogP contribution is -1.94. The van der Waals surface area contributed by atoms with Gasteiger partial charge in [-0.25, -0.2) is 0 Å². The number of thiophene rings is 2. The Morgan fingerprint density at radius 3 is 1.17 bits per heavy atom. The van der Waals surface area contributed by atoms with Crippen molar-refractivity contribution in [2.75, 3.05) is 0 Å². The molecule has 4 heterocycles. The molecule has 0 radical (unpaired) electrons. The summed E-state index contributed by atoms with van der Waals surface area (Å²) in [6.45, 7) is 0. The normalized spacial score (nSPS) is 11.9. The van der Waals surface area contributed by atoms with Gasteiger partial charge in [-0.1, -0.05) is 261 Å². The third kappa shape index (κ3) is 8.24. The maximum absolute atomic E-state index is 6.47. The summed E-state index contributed by atoms with van der Waals surface area (Å²) >= 11 is 3.78. The van der Waals surface area contributed by atoms with Crippen molar-refractivity contribution in [1.82, 2.24) is 4.57 Å². The molecule has 20 rings (SSSR count). The van der Waals surface area contributed by atoms with E-state index in [-0.39, 0.29) is 0 Å². The summed E-state index contributed by atoms with van der Waals surface area (Å²) < 4.78 is 14.2. The van der Waals surface area contributed by atoms with Crippen molar-refractivity contribution < 1.29 is 4.42 Å². The molecule has 0 aliphatic rings. The van der Waals surface area contributed by atoms with Crippen LogP contribution in [0.15, 0.2) is 326 Å². The number of hydrogen-bond donors (Lipinski definition) is 0. The second-order valence-corrected chi connectivity index (χ2v) is 26.2. The lowest BCUT2D eigenvalue weighted by atomic mass is 9.85. The third-order valence-corrected chi connectivity index (χ3v) is 21.5. The standard InChI is InChI=1S/C44H27NS.C44H26OS/c1-3-17-35-33(15-1)42(28-24-26-29(27-25-28)45-39-21-8-5-12-30(39)31-13-6-9-22-40(31)45)34-16-2-4-18-36(34)43(35)38-20-11-19-37-32-14-7-10-23-41(32)46-44(37)38;1-7-18-39-30(10-1)26-40(45-39)43-36-14-4-2-12-34(36)42(35-13-3-5-15-37(35)43)31-23-21-27-24-29(22-20-28(27)25-31)32-16-9-17-38-33-11-6-8-19-41(33)46-44(32)38/h1-27H;1-26H. The van der Waals surface area contributed by atoms with Gasteiger partial charge in [0.2, 0.25) is 0 Å². The van der Waals surface area contributed by atoms with E-state index in [1.807, 2.05) is 34.8 Å². The Morgan fingerprint density at radius 1 is 0.239 bits per heavy atom. The van der Waals surface area contributed by atoms with Gasteiger partial charge in [0, 0.05) is 73.3 Å². The second-order valence-electron chi connectivity index (χ2n) is 24.1. The average Bonchev–Trinajstić information content (AvgIpc) is 0.956. The van der Waals surface area contributed by atoms with E-state index in [2.05, 4.69) is 314 Å². The van der Waals surface area contributed by atoms with Gasteiger partial charge in [-0.2, -0.15) is 0 Å². The molecule has 0 amide bonds. The Balaban J connectivity index is 0.000000132. The highest BCUT2D eigenvalue weighted by Gasteiger charge is 2.23. The van der Waals surface area contributed by atoms with Crippen LogP contribution in [-0.4, -0.2) is 4.57 Å². The van der Waals surface area contributed by atoms with E-state index >= 15 is 0 Å². The highest BCUT2D eigenvalue weighted by molar-refractivity contribution is 7.26. The van der Waals surface area contributed by atoms with Gasteiger partial charge in [0.05, 0.1) is 11.0 Å². The molecule has 4 aromatic heterocycles. The number of furan rings is 1. The maximum atomic E-state index is 6.47. The Bertz CT molecular complexity index is 6190. The van der Waals surface area contributed by atoms with Crippen molar-refractivity contribution in [3.63, 3.8) is 0 Å². The van der Waals surface area contributed by atoms with Crippen molar-refractivity contribution in [2.45, 2.75) is 0 Å². The van der Waals surface area contributed by atoms with Crippen molar-refractivity contribution in [3.05, 3.63) is 322 Å². The lowest BCUT2D eigenvalue weighted by molar-refractivity contribution is 0.633. The zero-order chi connectivity index (χ0) is 60.4. The molecule has 0 aliphatic heterocycles. The molecule has 0 saturated carbocycles. The Hall–Kier alpha value is -11.4. The summed E-state index contributed by atoms with van der Waals surface area (Å²) in [5, 5.41) is 21.5. The smallest absolute Gasteiger partial charge is 0.136 e. The maximum Gasteiger partial charge on any atom is 0.136 e. The van der Waals surface area contributed by atoms with Crippen molar-refractivity contribution in [2.24, 2.45) is 0 Å². The van der Waals surface area contributed by atoms with Crippen molar-refractivity contribution in [1.29, 1.82) is 0 Å². The third-order valence-electron chi connectivity index (χ3n) is 19.0. The Morgan fingerprint density at radius 2 is 0.630 bits per heavy atom. The molecule has 0 unspecified atom stereocenters. The van der Waals surface area contributed by atoms with Crippen molar-refractivity contribution >= 4 is 150 Å². The van der Waals surface area contributed by atoms with Crippen LogP contribution in [0.3, 0.4) is 0 Å². The Labute approximate surface area is 538 Å². The van der Waals surface area contributed by atoms with E-state index in [4.69, 9.17) is 4.42 Å². The van der Waals surface area contributed by atoms with Crippen molar-refractivity contribution in [3.8, 4) is 61.5 Å². The van der Waals surface area contributed by atoms with Crippen LogP contribution in [0.1, 0.15) is 0 Å². The first-order chi connectivity index (χ1) is 45.6. The molecular formula is C88H53NOS2. The topological polar surface area (TPSA) is 18.1 Å². The van der Waals surface area contributed by atoms with E-state index < -0.39 is 0 Å². The summed E-state index contributed by atoms with van der Waals surface area (Å²) in [5.74, 6) is 0.903. The summed E-state index contributed by atoms with van der Waals surface area (Å²) in [7, 11) is 0. The molecule has 0 atom stereocenters. The minimum absolute atomic E-state index is 0.903. The number of para-hydroxylation sites is 3. The van der Waals surface area contributed by atoms with E-state index in [0.717, 1.165) is 22.3 Å². The first-order valence-electron chi connectivity index (χ1n) is 31.5. The van der Waals surface area contributed by atoms with Crippen LogP contribution in [-0.2, 0) is 0 Å². The number of aromatic nitrogens is 1. The molecule has 0 spiro atoms. The van der Waals surface area contributed by atoms with Gasteiger partial charge in [-0.3, -0.25) is 0 Å². The minimum atomic E-state index is 0.903. The highest BCUT2D eigenvalue weighted by atomic mass is 32.1. The number of nitrogens with zero attached hydrogens (tertiary/aromatic N) is 1. The van der Waals surface area contributed by atoms with Gasteiger partial charge in [-0.15, -0.1) is 22.7 Å². The van der Waals surface area contributed by atoms with Crippen LogP contribution < -0.4 is 0 Å². The predicted octanol–water partition coefficient (Wildman–Crippen LogP) is 26.1. The van der Waals surface area contributed by atoms with Gasteiger partial charge in [-0.05, 0) is 153 Å². The molecule has 0 N–H and O–H groups in total. The molecule has 428 valence electrons. The molecule has 92 heavy (non-hydrogen) atoms. The average molecular weight is 1200 g/mol. The highest BCUT2D eigenvalue weighted by Crippen LogP contribution is 2.50. The molecule has 0 saturated heterocycles. The summed E-state index contributed by atoms with van der Waals surface area (Å²) in [5.41, 5.74) is 15.8. The number of hydrogen-bond acceptors (Lipinski definition) is 3. The zero-order valence-electron chi connectivity index (χ0n) is 49.8. The van der Waals surface area contributed by atoms with Crippen LogP contribution >= 0.6 is 22.7 Å². The summed E-state index contributed by atoms with van der Waals surface area (Å²) in [4.78, 5) is 0. The SMILES string of the molecule is c1ccc2c(c1)sc1c(-c3c4ccccc4c(-c4ccc(-n5c6ccccc6c6ccccc65)cc4)c4ccccc34)cccc12.c1ccc2oc(-c3c4ccccc4c(-c4ccc5cc(-c6cccc7c6sc6ccccc67)ccc5c4)c4ccccc34)cc2c1. The fourth-order valence-electron chi connectivity index (χ4n) is 15.0. The molecule has 20 aromatic rings. The first kappa shape index (κ1) is 52.5. The van der Waals surface area contributed by atoms with Crippen LogP contribution in [0.5, 0.6) is 0 Å². The molecule has 0 fully saturated rings. The second kappa shape index (κ2) is 21.1. The summed E-state index contributed by atoms with van der Waals surface area (Å²) in [6, 6.07) is 117. The number of rotatable bonds is 6. The minimum Gasteiger partial charge on any atom is -0.456 e. The lowest BCUT2D eigenvalue weighted by Gasteiger charge is -2.18. The summed E-state index contributed by atoms with van der Waals surface area (Å²) in [6.07, 6.45) is 0. The van der Waals surface area contributed by atoms with Gasteiger partial charge in [0.1, 0.15) is 11.3 Å². The molecule has 4 heteroatoms. The predicted molar refractivity (Wildman–Crippen MR) is 397 cm³/mol. The van der Waals surface area contributed by atoms with Gasteiger partial charge >= 0.3 is 0 Å². The fraction of sp³-hybridized carbons (Fsp3) is 0. The molecular weight excluding hydrogens is 1150 g/mol. The fourth-order valence-corrected chi connectivity index (χ4v) is 17.5. The monoisotopic (exact) mass is 1200 g/mol. The number of benzene rings is 16. The molecule has 2 nitrogen and oxygen atoms in total. The van der Waals surface area contributed by atoms with Gasteiger partial charge in [0.15, 0.2) is 0 Å². The number of fused-ring (bicyclic) bond motifs is 15. The first-order valence-corrected chi connectivity index (χ1v) is 33.1. The van der Waals surface area contributed by atoms with E-state index in [9.17, 15) is 0 Å². The van der Waals surface area contributed by atoms with Crippen LogP contribution in [0.2, 0.25) is 0 Å².